The van der Waals surface area contributed by atoms with Crippen LogP contribution in [0.3, 0.4) is 0 Å². The van der Waals surface area contributed by atoms with Crippen LogP contribution in [0.15, 0.2) is 30.6 Å². The number of nitrogens with two attached hydrogens (primary N) is 1. The molecule has 0 radical (unpaired) electrons. The first kappa shape index (κ1) is 12.3. The van der Waals surface area contributed by atoms with E-state index in [1.165, 1.54) is 0 Å². The molecule has 0 aliphatic heterocycles. The maximum absolute atomic E-state index is 5.83. The highest BCUT2D eigenvalue weighted by Gasteiger charge is 2.08. The Morgan fingerprint density at radius 1 is 1.50 bits per heavy atom. The van der Waals surface area contributed by atoms with Crippen molar-refractivity contribution in [3.63, 3.8) is 0 Å². The van der Waals surface area contributed by atoms with Gasteiger partial charge in [-0.15, -0.1) is 0 Å². The van der Waals surface area contributed by atoms with Crippen LogP contribution in [0.5, 0.6) is 5.75 Å². The molecule has 0 fully saturated rings. The first-order chi connectivity index (χ1) is 8.70. The van der Waals surface area contributed by atoms with Crippen molar-refractivity contribution >= 4 is 11.4 Å². The van der Waals surface area contributed by atoms with Gasteiger partial charge in [0.1, 0.15) is 11.6 Å². The average molecular weight is 246 g/mol. The largest absolute Gasteiger partial charge is 0.492 e. The van der Waals surface area contributed by atoms with Gasteiger partial charge in [-0.1, -0.05) is 0 Å². The number of aromatic nitrogens is 2. The van der Waals surface area contributed by atoms with E-state index in [0.29, 0.717) is 18.0 Å². The number of benzene rings is 1. The number of H-pyrrole nitrogens is 1. The van der Waals surface area contributed by atoms with Crippen molar-refractivity contribution in [1.29, 1.82) is 0 Å². The van der Waals surface area contributed by atoms with Crippen LogP contribution in [0.2, 0.25) is 0 Å². The molecule has 0 bridgehead atoms. The molecule has 0 spiro atoms. The molecule has 0 aliphatic rings. The zero-order chi connectivity index (χ0) is 13.0. The van der Waals surface area contributed by atoms with Gasteiger partial charge in [0, 0.05) is 24.1 Å². The summed E-state index contributed by atoms with van der Waals surface area (Å²) in [5.41, 5.74) is 7.43. The first-order valence-corrected chi connectivity index (χ1v) is 5.99. The smallest absolute Gasteiger partial charge is 0.144 e. The maximum atomic E-state index is 5.83. The minimum absolute atomic E-state index is 0.0955. The van der Waals surface area contributed by atoms with Crippen LogP contribution in [0, 0.1) is 0 Å². The summed E-state index contributed by atoms with van der Waals surface area (Å²) in [5.74, 6) is 1.60. The number of anilines is 2. The Labute approximate surface area is 106 Å². The summed E-state index contributed by atoms with van der Waals surface area (Å²) in [6.45, 7) is 4.57. The first-order valence-electron chi connectivity index (χ1n) is 5.99. The molecule has 4 N–H and O–H groups in total. The second-order valence-electron chi connectivity index (χ2n) is 4.03. The van der Waals surface area contributed by atoms with Crippen LogP contribution in [0.4, 0.5) is 11.4 Å². The summed E-state index contributed by atoms with van der Waals surface area (Å²) in [4.78, 5) is 7.29. The number of nitrogens with one attached hydrogen (secondary N) is 2. The lowest BCUT2D eigenvalue weighted by Gasteiger charge is -2.15. The zero-order valence-corrected chi connectivity index (χ0v) is 10.6. The third kappa shape index (κ3) is 2.74. The monoisotopic (exact) mass is 246 g/mol. The predicted octanol–water partition coefficient (Wildman–Crippen LogP) is 2.56. The fraction of sp³-hybridized carbons (Fsp3) is 0.308. The van der Waals surface area contributed by atoms with E-state index in [-0.39, 0.29) is 6.04 Å². The highest BCUT2D eigenvalue weighted by atomic mass is 16.5. The van der Waals surface area contributed by atoms with Gasteiger partial charge in [-0.05, 0) is 26.0 Å². The Morgan fingerprint density at radius 3 is 3.00 bits per heavy atom. The van der Waals surface area contributed by atoms with Crippen molar-refractivity contribution in [2.75, 3.05) is 17.7 Å². The molecule has 0 amide bonds. The molecule has 1 aromatic carbocycles. The van der Waals surface area contributed by atoms with Crippen LogP contribution in [-0.4, -0.2) is 16.6 Å². The molecule has 96 valence electrons. The lowest BCUT2D eigenvalue weighted by molar-refractivity contribution is 0.342. The van der Waals surface area contributed by atoms with E-state index >= 15 is 0 Å². The van der Waals surface area contributed by atoms with Gasteiger partial charge in [0.25, 0.3) is 0 Å². The molecule has 5 nitrogen and oxygen atoms in total. The molecule has 0 saturated heterocycles. The predicted molar refractivity (Wildman–Crippen MR) is 72.6 cm³/mol. The van der Waals surface area contributed by atoms with Gasteiger partial charge in [0.2, 0.25) is 0 Å². The molecule has 0 saturated carbocycles. The molecule has 18 heavy (non-hydrogen) atoms. The van der Waals surface area contributed by atoms with Gasteiger partial charge in [0.15, 0.2) is 0 Å². The van der Waals surface area contributed by atoms with E-state index in [2.05, 4.69) is 15.3 Å². The molecule has 1 unspecified atom stereocenters. The quantitative estimate of drug-likeness (QED) is 0.709. The fourth-order valence-corrected chi connectivity index (χ4v) is 1.74. The number of ether oxygens (including phenoxy) is 1. The number of rotatable bonds is 5. The van der Waals surface area contributed by atoms with Gasteiger partial charge in [-0.3, -0.25) is 0 Å². The number of hydrogen-bond donors (Lipinski definition) is 3. The van der Waals surface area contributed by atoms with Crippen LogP contribution in [0.1, 0.15) is 25.7 Å². The van der Waals surface area contributed by atoms with Crippen molar-refractivity contribution in [3.8, 4) is 5.75 Å². The standard InChI is InChI=1S/C13H18N4O/c1-3-18-12-8-10(4-5-11(12)14)17-9(2)13-15-6-7-16-13/h4-9,17H,3,14H2,1-2H3,(H,15,16). The van der Waals surface area contributed by atoms with Crippen LogP contribution >= 0.6 is 0 Å². The highest BCUT2D eigenvalue weighted by Crippen LogP contribution is 2.27. The van der Waals surface area contributed by atoms with Gasteiger partial charge in [0.05, 0.1) is 18.3 Å². The Bertz CT molecular complexity index is 496. The van der Waals surface area contributed by atoms with Crippen molar-refractivity contribution in [2.24, 2.45) is 0 Å². The van der Waals surface area contributed by atoms with Gasteiger partial charge < -0.3 is 20.8 Å². The lowest BCUT2D eigenvalue weighted by atomic mass is 10.2. The summed E-state index contributed by atoms with van der Waals surface area (Å²) >= 11 is 0. The third-order valence-electron chi connectivity index (χ3n) is 2.63. The Hall–Kier alpha value is -2.17. The van der Waals surface area contributed by atoms with Crippen LogP contribution in [0.25, 0.3) is 0 Å². The van der Waals surface area contributed by atoms with Gasteiger partial charge >= 0.3 is 0 Å². The molecule has 2 rings (SSSR count). The number of nitrogens with zero attached hydrogens (tertiary/aromatic N) is 1. The molecule has 1 heterocycles. The second-order valence-corrected chi connectivity index (χ2v) is 4.03. The van der Waals surface area contributed by atoms with E-state index in [1.807, 2.05) is 38.2 Å². The topological polar surface area (TPSA) is 76.0 Å². The Kier molecular flexibility index (Phi) is 3.72. The molecule has 5 heteroatoms. The maximum Gasteiger partial charge on any atom is 0.144 e. The van der Waals surface area contributed by atoms with Crippen molar-refractivity contribution in [2.45, 2.75) is 19.9 Å². The Balaban J connectivity index is 2.12. The van der Waals surface area contributed by atoms with E-state index < -0.39 is 0 Å². The summed E-state index contributed by atoms with van der Waals surface area (Å²) < 4.78 is 5.46. The van der Waals surface area contributed by atoms with Crippen molar-refractivity contribution in [1.82, 2.24) is 9.97 Å². The summed E-state index contributed by atoms with van der Waals surface area (Å²) in [6.07, 6.45) is 3.55. The van der Waals surface area contributed by atoms with E-state index in [1.54, 1.807) is 6.20 Å². The fourth-order valence-electron chi connectivity index (χ4n) is 1.74. The summed E-state index contributed by atoms with van der Waals surface area (Å²) in [5, 5.41) is 3.34. The molecule has 1 aromatic heterocycles. The number of hydrogen-bond acceptors (Lipinski definition) is 4. The lowest BCUT2D eigenvalue weighted by Crippen LogP contribution is -2.08. The molecular weight excluding hydrogens is 228 g/mol. The molecule has 1 atom stereocenters. The third-order valence-corrected chi connectivity index (χ3v) is 2.63. The molecule has 0 aliphatic carbocycles. The average Bonchev–Trinajstić information content (AvgIpc) is 2.87. The van der Waals surface area contributed by atoms with E-state index in [4.69, 9.17) is 10.5 Å². The minimum Gasteiger partial charge on any atom is -0.492 e. The van der Waals surface area contributed by atoms with E-state index in [0.717, 1.165) is 11.5 Å². The van der Waals surface area contributed by atoms with Crippen LogP contribution < -0.4 is 15.8 Å². The highest BCUT2D eigenvalue weighted by molar-refractivity contribution is 5.61. The molecular formula is C13H18N4O. The Morgan fingerprint density at radius 2 is 2.33 bits per heavy atom. The number of imidazole rings is 1. The number of nitrogen functional groups attached to an aromatic ring is 1. The zero-order valence-electron chi connectivity index (χ0n) is 10.6. The summed E-state index contributed by atoms with van der Waals surface area (Å²) in [6, 6.07) is 5.76. The van der Waals surface area contributed by atoms with Gasteiger partial charge in [-0.25, -0.2) is 4.98 Å². The van der Waals surface area contributed by atoms with Crippen molar-refractivity contribution < 1.29 is 4.74 Å². The van der Waals surface area contributed by atoms with Crippen molar-refractivity contribution in [3.05, 3.63) is 36.4 Å². The molecule has 2 aromatic rings. The summed E-state index contributed by atoms with van der Waals surface area (Å²) in [7, 11) is 0. The van der Waals surface area contributed by atoms with E-state index in [9.17, 15) is 0 Å². The number of aromatic amines is 1. The van der Waals surface area contributed by atoms with Crippen LogP contribution in [-0.2, 0) is 0 Å². The second kappa shape index (κ2) is 5.44. The normalized spacial score (nSPS) is 12.1. The SMILES string of the molecule is CCOc1cc(NC(C)c2ncc[nH]2)ccc1N. The minimum atomic E-state index is 0.0955. The van der Waals surface area contributed by atoms with Gasteiger partial charge in [-0.2, -0.15) is 0 Å².